The molecular weight excluding hydrogens is 256 g/mol. The van der Waals surface area contributed by atoms with Crippen LogP contribution in [0.5, 0.6) is 0 Å². The molecule has 0 saturated carbocycles. The summed E-state index contributed by atoms with van der Waals surface area (Å²) in [4.78, 5) is 12.9. The van der Waals surface area contributed by atoms with Crippen molar-refractivity contribution < 1.29 is 4.79 Å². The summed E-state index contributed by atoms with van der Waals surface area (Å²) in [6.45, 7) is 6.25. The van der Waals surface area contributed by atoms with E-state index in [4.69, 9.17) is 0 Å². The largest absolute Gasteiger partial charge is 0.355 e. The van der Waals surface area contributed by atoms with E-state index in [1.807, 2.05) is 11.8 Å². The number of benzene rings is 1. The molecule has 0 spiro atoms. The lowest BCUT2D eigenvalue weighted by atomic mass is 10.1. The molecule has 104 valence electrons. The van der Waals surface area contributed by atoms with Crippen LogP contribution in [0.3, 0.4) is 0 Å². The molecule has 1 aromatic rings. The van der Waals surface area contributed by atoms with E-state index in [0.29, 0.717) is 17.7 Å². The third kappa shape index (κ3) is 4.55. The topological polar surface area (TPSA) is 41.1 Å². The molecule has 0 aliphatic carbocycles. The first-order valence-corrected chi connectivity index (χ1v) is 7.75. The number of fused-ring (bicyclic) bond motifs is 1. The molecule has 4 heteroatoms. The molecule has 0 fully saturated rings. The second kappa shape index (κ2) is 6.96. The number of thioether (sulfide) groups is 1. The number of carbonyl (C=O) groups is 1. The van der Waals surface area contributed by atoms with Gasteiger partial charge in [0.25, 0.3) is 0 Å². The van der Waals surface area contributed by atoms with Crippen molar-refractivity contribution in [1.29, 1.82) is 0 Å². The summed E-state index contributed by atoms with van der Waals surface area (Å²) in [7, 11) is 0. The number of rotatable bonds is 6. The van der Waals surface area contributed by atoms with Gasteiger partial charge in [0.2, 0.25) is 5.91 Å². The highest BCUT2D eigenvalue weighted by Crippen LogP contribution is 2.36. The number of nitrogens with one attached hydrogen (secondary N) is 2. The van der Waals surface area contributed by atoms with Gasteiger partial charge >= 0.3 is 0 Å². The zero-order chi connectivity index (χ0) is 13.7. The van der Waals surface area contributed by atoms with Gasteiger partial charge in [-0.25, -0.2) is 0 Å². The predicted octanol–water partition coefficient (Wildman–Crippen LogP) is 2.07. The minimum Gasteiger partial charge on any atom is -0.355 e. The third-order valence-corrected chi connectivity index (χ3v) is 4.40. The first kappa shape index (κ1) is 14.4. The van der Waals surface area contributed by atoms with Gasteiger partial charge in [-0.05, 0) is 24.0 Å². The first-order chi connectivity index (χ1) is 9.15. The van der Waals surface area contributed by atoms with E-state index in [-0.39, 0.29) is 5.91 Å². The Labute approximate surface area is 119 Å². The number of amides is 1. The molecular formula is C15H22N2OS. The van der Waals surface area contributed by atoms with Gasteiger partial charge in [-0.3, -0.25) is 4.79 Å². The molecule has 3 nitrogen and oxygen atoms in total. The lowest BCUT2D eigenvalue weighted by Gasteiger charge is -2.11. The van der Waals surface area contributed by atoms with Gasteiger partial charge in [-0.15, -0.1) is 11.8 Å². The maximum Gasteiger partial charge on any atom is 0.233 e. The van der Waals surface area contributed by atoms with E-state index in [0.717, 1.165) is 19.5 Å². The summed E-state index contributed by atoms with van der Waals surface area (Å²) in [5.74, 6) is 0.595. The second-order valence-corrected chi connectivity index (χ2v) is 6.72. The van der Waals surface area contributed by atoms with Crippen molar-refractivity contribution in [2.45, 2.75) is 30.4 Å². The average Bonchev–Trinajstić information content (AvgIpc) is 2.79. The maximum atomic E-state index is 11.6. The van der Waals surface area contributed by atoms with Crippen LogP contribution >= 0.6 is 11.8 Å². The Kier molecular flexibility index (Phi) is 5.28. The SMILES string of the molecule is CC(C)CNC(=O)CNCC1Cc2ccccc2S1. The van der Waals surface area contributed by atoms with Crippen LogP contribution in [0.2, 0.25) is 0 Å². The third-order valence-electron chi connectivity index (χ3n) is 3.08. The van der Waals surface area contributed by atoms with Crippen LogP contribution in [0.15, 0.2) is 29.2 Å². The van der Waals surface area contributed by atoms with Crippen molar-refractivity contribution >= 4 is 17.7 Å². The van der Waals surface area contributed by atoms with Crippen molar-refractivity contribution in [3.63, 3.8) is 0 Å². The highest BCUT2D eigenvalue weighted by Gasteiger charge is 2.21. The normalized spacial score (nSPS) is 17.5. The Morgan fingerprint density at radius 2 is 2.21 bits per heavy atom. The molecule has 19 heavy (non-hydrogen) atoms. The Morgan fingerprint density at radius 1 is 1.42 bits per heavy atom. The quantitative estimate of drug-likeness (QED) is 0.837. The number of hydrogen-bond donors (Lipinski definition) is 2. The van der Waals surface area contributed by atoms with Gasteiger partial charge in [0, 0.05) is 23.2 Å². The molecule has 0 radical (unpaired) electrons. The van der Waals surface area contributed by atoms with Crippen molar-refractivity contribution in [2.24, 2.45) is 5.92 Å². The van der Waals surface area contributed by atoms with Gasteiger partial charge in [0.05, 0.1) is 6.54 Å². The standard InChI is InChI=1S/C15H22N2OS/c1-11(2)8-17-15(18)10-16-9-13-7-12-5-3-4-6-14(12)19-13/h3-6,11,13,16H,7-10H2,1-2H3,(H,17,18). The van der Waals surface area contributed by atoms with E-state index in [1.165, 1.54) is 10.5 Å². The van der Waals surface area contributed by atoms with E-state index in [9.17, 15) is 4.79 Å². The van der Waals surface area contributed by atoms with E-state index in [1.54, 1.807) is 0 Å². The van der Waals surface area contributed by atoms with Crippen molar-refractivity contribution in [3.8, 4) is 0 Å². The van der Waals surface area contributed by atoms with Crippen molar-refractivity contribution in [2.75, 3.05) is 19.6 Å². The fraction of sp³-hybridized carbons (Fsp3) is 0.533. The van der Waals surface area contributed by atoms with Crippen LogP contribution in [0.25, 0.3) is 0 Å². The van der Waals surface area contributed by atoms with Crippen LogP contribution in [0.1, 0.15) is 19.4 Å². The van der Waals surface area contributed by atoms with Crippen LogP contribution in [-0.2, 0) is 11.2 Å². The average molecular weight is 278 g/mol. The minimum atomic E-state index is 0.0919. The summed E-state index contributed by atoms with van der Waals surface area (Å²) >= 11 is 1.91. The van der Waals surface area contributed by atoms with Crippen LogP contribution in [-0.4, -0.2) is 30.8 Å². The zero-order valence-corrected chi connectivity index (χ0v) is 12.4. The molecule has 2 rings (SSSR count). The summed E-state index contributed by atoms with van der Waals surface area (Å²) in [5.41, 5.74) is 1.43. The Bertz CT molecular complexity index is 409. The number of carbonyl (C=O) groups excluding carboxylic acids is 1. The molecule has 1 aromatic carbocycles. The molecule has 1 heterocycles. The lowest BCUT2D eigenvalue weighted by Crippen LogP contribution is -2.38. The maximum absolute atomic E-state index is 11.6. The Hall–Kier alpha value is -1.00. The fourth-order valence-corrected chi connectivity index (χ4v) is 3.38. The van der Waals surface area contributed by atoms with Gasteiger partial charge in [0.1, 0.15) is 0 Å². The van der Waals surface area contributed by atoms with Gasteiger partial charge in [-0.1, -0.05) is 32.0 Å². The monoisotopic (exact) mass is 278 g/mol. The predicted molar refractivity (Wildman–Crippen MR) is 80.5 cm³/mol. The molecule has 1 atom stereocenters. The number of hydrogen-bond acceptors (Lipinski definition) is 3. The highest BCUT2D eigenvalue weighted by atomic mass is 32.2. The Morgan fingerprint density at radius 3 is 2.95 bits per heavy atom. The summed E-state index contributed by atoms with van der Waals surface area (Å²) in [6.07, 6.45) is 1.10. The molecule has 1 unspecified atom stereocenters. The van der Waals surface area contributed by atoms with Gasteiger partial charge < -0.3 is 10.6 Å². The Balaban J connectivity index is 1.64. The summed E-state index contributed by atoms with van der Waals surface area (Å²) in [5, 5.41) is 6.72. The highest BCUT2D eigenvalue weighted by molar-refractivity contribution is 8.00. The molecule has 2 N–H and O–H groups in total. The lowest BCUT2D eigenvalue weighted by molar-refractivity contribution is -0.120. The smallest absolute Gasteiger partial charge is 0.233 e. The zero-order valence-electron chi connectivity index (χ0n) is 11.6. The molecule has 0 saturated heterocycles. The molecule has 0 bridgehead atoms. The van der Waals surface area contributed by atoms with Gasteiger partial charge in [-0.2, -0.15) is 0 Å². The van der Waals surface area contributed by atoms with Crippen LogP contribution in [0, 0.1) is 5.92 Å². The summed E-state index contributed by atoms with van der Waals surface area (Å²) in [6, 6.07) is 8.54. The van der Waals surface area contributed by atoms with E-state index < -0.39 is 0 Å². The van der Waals surface area contributed by atoms with Crippen LogP contribution < -0.4 is 10.6 Å². The molecule has 1 aliphatic rings. The molecule has 1 aliphatic heterocycles. The van der Waals surface area contributed by atoms with E-state index >= 15 is 0 Å². The fourth-order valence-electron chi connectivity index (χ4n) is 2.09. The van der Waals surface area contributed by atoms with Crippen LogP contribution in [0.4, 0.5) is 0 Å². The van der Waals surface area contributed by atoms with Crippen molar-refractivity contribution in [1.82, 2.24) is 10.6 Å². The van der Waals surface area contributed by atoms with Gasteiger partial charge in [0.15, 0.2) is 0 Å². The molecule has 0 aromatic heterocycles. The first-order valence-electron chi connectivity index (χ1n) is 6.87. The van der Waals surface area contributed by atoms with E-state index in [2.05, 4.69) is 48.7 Å². The minimum absolute atomic E-state index is 0.0919. The van der Waals surface area contributed by atoms with Crippen molar-refractivity contribution in [3.05, 3.63) is 29.8 Å². The summed E-state index contributed by atoms with van der Waals surface area (Å²) < 4.78 is 0. The second-order valence-electron chi connectivity index (χ2n) is 5.38. The molecule has 1 amide bonds.